The number of nitrogens with two attached hydrogens (primary N) is 1. The van der Waals surface area contributed by atoms with E-state index in [9.17, 15) is 9.59 Å². The van der Waals surface area contributed by atoms with E-state index in [1.54, 1.807) is 25.1 Å². The van der Waals surface area contributed by atoms with Gasteiger partial charge in [-0.2, -0.15) is 0 Å². The molecule has 0 bridgehead atoms. The second-order valence-corrected chi connectivity index (χ2v) is 5.99. The molecule has 0 aliphatic rings. The number of nitrogens with one attached hydrogen (secondary N) is 2. The molecule has 0 radical (unpaired) electrons. The Bertz CT molecular complexity index is 744. The van der Waals surface area contributed by atoms with Crippen LogP contribution in [-0.4, -0.2) is 24.4 Å². The Kier molecular flexibility index (Phi) is 7.96. The zero-order chi connectivity index (χ0) is 17.7. The maximum absolute atomic E-state index is 12.3. The summed E-state index contributed by atoms with van der Waals surface area (Å²) in [5.74, 6) is -0.169. The Morgan fingerprint density at radius 2 is 1.96 bits per heavy atom. The maximum Gasteiger partial charge on any atom is 0.259 e. The Hall–Kier alpha value is -2.02. The first kappa shape index (κ1) is 21.0. The molecular formula is C17H21Cl2N3O3. The van der Waals surface area contributed by atoms with Gasteiger partial charge >= 0.3 is 0 Å². The molecule has 1 unspecified atom stereocenters. The van der Waals surface area contributed by atoms with Crippen LogP contribution in [0.2, 0.25) is 5.02 Å². The summed E-state index contributed by atoms with van der Waals surface area (Å²) in [6, 6.07) is 6.27. The highest BCUT2D eigenvalue weighted by Gasteiger charge is 2.17. The van der Waals surface area contributed by atoms with Crippen molar-refractivity contribution in [1.29, 1.82) is 0 Å². The van der Waals surface area contributed by atoms with E-state index in [2.05, 4.69) is 10.6 Å². The van der Waals surface area contributed by atoms with Crippen LogP contribution in [0.15, 0.2) is 34.9 Å². The molecule has 0 aliphatic carbocycles. The number of rotatable bonds is 6. The maximum atomic E-state index is 12.3. The van der Waals surface area contributed by atoms with Crippen LogP contribution < -0.4 is 16.4 Å². The lowest BCUT2D eigenvalue weighted by Gasteiger charge is -2.12. The molecule has 0 fully saturated rings. The van der Waals surface area contributed by atoms with E-state index in [1.165, 1.54) is 12.3 Å². The summed E-state index contributed by atoms with van der Waals surface area (Å²) in [7, 11) is 0. The van der Waals surface area contributed by atoms with Gasteiger partial charge < -0.3 is 20.8 Å². The van der Waals surface area contributed by atoms with Gasteiger partial charge in [-0.1, -0.05) is 11.6 Å². The first-order valence-electron chi connectivity index (χ1n) is 7.57. The smallest absolute Gasteiger partial charge is 0.259 e. The summed E-state index contributed by atoms with van der Waals surface area (Å²) in [5, 5.41) is 5.90. The molecule has 0 saturated carbocycles. The molecule has 4 N–H and O–H groups in total. The number of benzene rings is 1. The summed E-state index contributed by atoms with van der Waals surface area (Å²) in [4.78, 5) is 24.7. The minimum absolute atomic E-state index is 0. The lowest BCUT2D eigenvalue weighted by molar-refractivity contribution is 0.0953. The van der Waals surface area contributed by atoms with Gasteiger partial charge in [-0.3, -0.25) is 9.59 Å². The third kappa shape index (κ3) is 5.77. The molecule has 2 amide bonds. The molecule has 2 rings (SSSR count). The molecule has 2 aromatic rings. The molecule has 25 heavy (non-hydrogen) atoms. The monoisotopic (exact) mass is 385 g/mol. The average Bonchev–Trinajstić information content (AvgIpc) is 2.93. The zero-order valence-corrected chi connectivity index (χ0v) is 15.5. The molecule has 0 aliphatic heterocycles. The summed E-state index contributed by atoms with van der Waals surface area (Å²) >= 11 is 5.99. The first-order chi connectivity index (χ1) is 11.4. The van der Waals surface area contributed by atoms with Gasteiger partial charge in [0.15, 0.2) is 0 Å². The largest absolute Gasteiger partial charge is 0.469 e. The summed E-state index contributed by atoms with van der Waals surface area (Å²) in [6.07, 6.45) is 2.10. The zero-order valence-electron chi connectivity index (χ0n) is 14.0. The van der Waals surface area contributed by atoms with Crippen LogP contribution in [0.4, 0.5) is 5.69 Å². The third-order valence-electron chi connectivity index (χ3n) is 3.46. The van der Waals surface area contributed by atoms with Crippen molar-refractivity contribution in [3.63, 3.8) is 0 Å². The van der Waals surface area contributed by atoms with Gasteiger partial charge in [-0.25, -0.2) is 0 Å². The molecule has 1 aromatic carbocycles. The lowest BCUT2D eigenvalue weighted by Crippen LogP contribution is -2.29. The van der Waals surface area contributed by atoms with Gasteiger partial charge in [0.25, 0.3) is 11.8 Å². The van der Waals surface area contributed by atoms with Crippen molar-refractivity contribution in [2.45, 2.75) is 26.3 Å². The Morgan fingerprint density at radius 3 is 2.56 bits per heavy atom. The predicted molar refractivity (Wildman–Crippen MR) is 101 cm³/mol. The van der Waals surface area contributed by atoms with E-state index >= 15 is 0 Å². The van der Waals surface area contributed by atoms with Crippen LogP contribution in [0.25, 0.3) is 0 Å². The van der Waals surface area contributed by atoms with E-state index in [0.717, 1.165) is 0 Å². The highest BCUT2D eigenvalue weighted by Crippen LogP contribution is 2.22. The number of hydrogen-bond acceptors (Lipinski definition) is 4. The van der Waals surface area contributed by atoms with Crippen LogP contribution in [0.3, 0.4) is 0 Å². The highest BCUT2D eigenvalue weighted by molar-refractivity contribution is 6.31. The topological polar surface area (TPSA) is 97.4 Å². The van der Waals surface area contributed by atoms with Crippen LogP contribution in [-0.2, 0) is 0 Å². The fraction of sp³-hybridized carbons (Fsp3) is 0.294. The standard InChI is InChI=1S/C17H20ClN3O3.ClH/c1-10(19)5-7-20-16(22)14-4-3-12(18)9-15(14)21-17(23)13-6-8-24-11(13)2;/h3-4,6,8-10H,5,7,19H2,1-2H3,(H,20,22)(H,21,23);1H. The van der Waals surface area contributed by atoms with Crippen LogP contribution in [0.1, 0.15) is 39.8 Å². The van der Waals surface area contributed by atoms with Crippen molar-refractivity contribution < 1.29 is 14.0 Å². The molecule has 1 heterocycles. The van der Waals surface area contributed by atoms with Gasteiger partial charge in [0.05, 0.1) is 23.1 Å². The summed E-state index contributed by atoms with van der Waals surface area (Å²) in [6.45, 7) is 4.01. The number of amides is 2. The third-order valence-corrected chi connectivity index (χ3v) is 3.70. The number of carbonyl (C=O) groups excluding carboxylic acids is 2. The highest BCUT2D eigenvalue weighted by atomic mass is 35.5. The number of carbonyl (C=O) groups is 2. The lowest BCUT2D eigenvalue weighted by atomic mass is 10.1. The number of hydrogen-bond donors (Lipinski definition) is 3. The number of anilines is 1. The van der Waals surface area contributed by atoms with Crippen molar-refractivity contribution in [1.82, 2.24) is 5.32 Å². The molecule has 0 spiro atoms. The summed E-state index contributed by atoms with van der Waals surface area (Å²) in [5.41, 5.74) is 6.74. The predicted octanol–water partition coefficient (Wildman–Crippen LogP) is 3.38. The fourth-order valence-corrected chi connectivity index (χ4v) is 2.31. The fourth-order valence-electron chi connectivity index (χ4n) is 2.14. The van der Waals surface area contributed by atoms with Crippen molar-refractivity contribution in [2.24, 2.45) is 5.73 Å². The molecule has 1 atom stereocenters. The quantitative estimate of drug-likeness (QED) is 0.709. The molecular weight excluding hydrogens is 365 g/mol. The van der Waals surface area contributed by atoms with E-state index in [-0.39, 0.29) is 30.3 Å². The van der Waals surface area contributed by atoms with Crippen molar-refractivity contribution in [3.8, 4) is 0 Å². The van der Waals surface area contributed by atoms with Gasteiger partial charge in [-0.15, -0.1) is 12.4 Å². The second-order valence-electron chi connectivity index (χ2n) is 5.56. The number of aryl methyl sites for hydroxylation is 1. The van der Waals surface area contributed by atoms with Crippen LogP contribution in [0, 0.1) is 6.92 Å². The SMILES string of the molecule is Cc1occc1C(=O)Nc1cc(Cl)ccc1C(=O)NCCC(C)N.Cl. The van der Waals surface area contributed by atoms with E-state index in [4.69, 9.17) is 21.8 Å². The molecule has 1 aromatic heterocycles. The molecule has 136 valence electrons. The minimum atomic E-state index is -0.367. The van der Waals surface area contributed by atoms with E-state index < -0.39 is 0 Å². The normalized spacial score (nSPS) is 11.4. The summed E-state index contributed by atoms with van der Waals surface area (Å²) < 4.78 is 5.12. The van der Waals surface area contributed by atoms with Crippen LogP contribution >= 0.6 is 24.0 Å². The Balaban J connectivity index is 0.00000312. The Labute approximate surface area is 157 Å². The average molecular weight is 386 g/mol. The van der Waals surface area contributed by atoms with Gasteiger partial charge in [0, 0.05) is 17.6 Å². The van der Waals surface area contributed by atoms with Crippen molar-refractivity contribution >= 4 is 41.5 Å². The van der Waals surface area contributed by atoms with Crippen molar-refractivity contribution in [3.05, 3.63) is 52.4 Å². The van der Waals surface area contributed by atoms with Gasteiger partial charge in [-0.05, 0) is 44.5 Å². The van der Waals surface area contributed by atoms with Crippen LogP contribution in [0.5, 0.6) is 0 Å². The van der Waals surface area contributed by atoms with E-state index in [1.807, 2.05) is 6.92 Å². The van der Waals surface area contributed by atoms with Gasteiger partial charge in [0.2, 0.25) is 0 Å². The second kappa shape index (κ2) is 9.46. The molecule has 6 nitrogen and oxygen atoms in total. The Morgan fingerprint density at radius 1 is 1.24 bits per heavy atom. The van der Waals surface area contributed by atoms with Gasteiger partial charge in [0.1, 0.15) is 5.76 Å². The molecule has 8 heteroatoms. The molecule has 0 saturated heterocycles. The first-order valence-corrected chi connectivity index (χ1v) is 7.95. The number of furan rings is 1. The van der Waals surface area contributed by atoms with Crippen molar-refractivity contribution in [2.75, 3.05) is 11.9 Å². The number of halogens is 2. The van der Waals surface area contributed by atoms with E-state index in [0.29, 0.717) is 40.6 Å². The minimum Gasteiger partial charge on any atom is -0.469 e.